The van der Waals surface area contributed by atoms with Crippen molar-refractivity contribution in [1.82, 2.24) is 34.4 Å². The molecule has 0 spiro atoms. The number of carbonyl (C=O) groups is 1. The molecule has 0 aliphatic heterocycles. The summed E-state index contributed by atoms with van der Waals surface area (Å²) in [5.41, 5.74) is -2.56. The second-order valence-electron chi connectivity index (χ2n) is 13.7. The second-order valence-corrected chi connectivity index (χ2v) is 16.3. The average Bonchev–Trinajstić information content (AvgIpc) is 3.63. The van der Waals surface area contributed by atoms with Crippen molar-refractivity contribution < 1.29 is 39.6 Å². The normalized spacial score (nSPS) is 17.7. The Balaban J connectivity index is 1.32. The van der Waals surface area contributed by atoms with Gasteiger partial charge >= 0.3 is 0 Å². The third kappa shape index (κ3) is 6.44. The van der Waals surface area contributed by atoms with Crippen LogP contribution in [-0.4, -0.2) is 49.7 Å². The Labute approximate surface area is 322 Å². The number of benzene rings is 3. The smallest absolute Gasteiger partial charge is 0.293 e. The molecule has 0 saturated heterocycles. The summed E-state index contributed by atoms with van der Waals surface area (Å²) in [5, 5.41) is 10.9. The van der Waals surface area contributed by atoms with Gasteiger partial charge in [-0.25, -0.2) is 31.0 Å². The average molecular weight is 840 g/mol. The van der Waals surface area contributed by atoms with E-state index >= 15 is 8.78 Å². The lowest BCUT2D eigenvalue weighted by Gasteiger charge is -2.24. The topological polar surface area (TPSA) is 146 Å². The van der Waals surface area contributed by atoms with Crippen molar-refractivity contribution in [2.75, 3.05) is 11.0 Å². The highest BCUT2D eigenvalue weighted by molar-refractivity contribution is 7.92. The Kier molecular flexibility index (Phi) is 8.92. The van der Waals surface area contributed by atoms with Crippen molar-refractivity contribution in [3.05, 3.63) is 109 Å². The molecule has 1 unspecified atom stereocenters. The first-order chi connectivity index (χ1) is 26.3. The van der Waals surface area contributed by atoms with E-state index in [0.29, 0.717) is 10.7 Å². The Bertz CT molecular complexity index is 2810. The van der Waals surface area contributed by atoms with E-state index in [1.54, 1.807) is 0 Å². The quantitative estimate of drug-likeness (QED) is 0.147. The van der Waals surface area contributed by atoms with Crippen molar-refractivity contribution in [1.29, 1.82) is 0 Å². The van der Waals surface area contributed by atoms with Crippen LogP contribution in [0.3, 0.4) is 0 Å². The number of amides is 1. The van der Waals surface area contributed by atoms with Crippen LogP contribution in [-0.2, 0) is 40.8 Å². The molecule has 3 aromatic carbocycles. The maximum Gasteiger partial charge on any atom is 0.293 e. The maximum atomic E-state index is 15.4. The van der Waals surface area contributed by atoms with Gasteiger partial charge in [0, 0.05) is 36.0 Å². The van der Waals surface area contributed by atoms with Gasteiger partial charge < -0.3 is 5.32 Å². The molecule has 2 aliphatic carbocycles. The number of halogens is 8. The summed E-state index contributed by atoms with van der Waals surface area (Å²) in [6, 6.07) is 7.98. The second kappa shape index (κ2) is 13.2. The zero-order valence-corrected chi connectivity index (χ0v) is 31.1. The molecule has 3 aromatic heterocycles. The first-order valence-corrected chi connectivity index (χ1v) is 19.3. The highest BCUT2D eigenvalue weighted by Gasteiger charge is 2.67. The Morgan fingerprint density at radius 2 is 1.77 bits per heavy atom. The van der Waals surface area contributed by atoms with Crippen molar-refractivity contribution >= 4 is 66.8 Å². The van der Waals surface area contributed by atoms with Gasteiger partial charge in [0.05, 0.1) is 44.8 Å². The van der Waals surface area contributed by atoms with E-state index in [-0.39, 0.29) is 66.7 Å². The predicted molar refractivity (Wildman–Crippen MR) is 193 cm³/mol. The summed E-state index contributed by atoms with van der Waals surface area (Å²) in [5.74, 6) is -9.02. The number of aromatic nitrogens is 6. The molecule has 0 bridgehead atoms. The van der Waals surface area contributed by atoms with Gasteiger partial charge in [-0.1, -0.05) is 23.2 Å². The minimum Gasteiger partial charge on any atom is -0.344 e. The van der Waals surface area contributed by atoms with Crippen molar-refractivity contribution in [3.63, 3.8) is 0 Å². The zero-order chi connectivity index (χ0) is 40.2. The summed E-state index contributed by atoms with van der Waals surface area (Å²) in [6.45, 7) is -0.977. The molecule has 21 heteroatoms. The molecular weight excluding hydrogens is 813 g/mol. The van der Waals surface area contributed by atoms with E-state index in [9.17, 15) is 35.6 Å². The van der Waals surface area contributed by atoms with Crippen LogP contribution >= 0.6 is 23.2 Å². The van der Waals surface area contributed by atoms with Gasteiger partial charge in [-0.15, -0.1) is 0 Å². The van der Waals surface area contributed by atoms with Gasteiger partial charge in [-0.3, -0.25) is 28.2 Å². The SMILES string of the molecule is Cn1nc(NS(C)(=O)=O)c2c(Cl)ccc(-n3c(C(Cc4cc(F)cc(F)c4)NC(=O)Cn4nc(C(F)F)c5c4C(F)(F)[C@@H]4C[C@H]54)nc4cc(Cl)ccc4c3=O)c21. The number of carbonyl (C=O) groups excluding carboxylic acids is 1. The van der Waals surface area contributed by atoms with Gasteiger partial charge in [-0.05, 0) is 60.4 Å². The largest absolute Gasteiger partial charge is 0.344 e. The minimum atomic E-state index is -3.89. The van der Waals surface area contributed by atoms with Crippen LogP contribution in [0, 0.1) is 17.6 Å². The fraction of sp³-hybridized carbons (Fsp3) is 0.286. The first kappa shape index (κ1) is 37.8. The number of rotatable bonds is 10. The lowest BCUT2D eigenvalue weighted by molar-refractivity contribution is -0.123. The summed E-state index contributed by atoms with van der Waals surface area (Å²) in [4.78, 5) is 33.2. The van der Waals surface area contributed by atoms with Crippen LogP contribution in [0.25, 0.3) is 27.5 Å². The number of nitrogens with one attached hydrogen (secondary N) is 2. The van der Waals surface area contributed by atoms with Gasteiger partial charge in [0.15, 0.2) is 5.82 Å². The molecule has 1 fully saturated rings. The fourth-order valence-electron chi connectivity index (χ4n) is 7.55. The molecule has 1 amide bonds. The van der Waals surface area contributed by atoms with Crippen LogP contribution in [0.4, 0.5) is 32.2 Å². The highest BCUT2D eigenvalue weighted by Crippen LogP contribution is 2.68. The number of aryl methyl sites for hydroxylation is 1. The monoisotopic (exact) mass is 838 g/mol. The third-order valence-corrected chi connectivity index (χ3v) is 10.9. The predicted octanol–water partition coefficient (Wildman–Crippen LogP) is 6.67. The number of fused-ring (bicyclic) bond motifs is 5. The van der Waals surface area contributed by atoms with Gasteiger partial charge in [0.2, 0.25) is 15.9 Å². The van der Waals surface area contributed by atoms with Crippen molar-refractivity contribution in [3.8, 4) is 5.69 Å². The molecule has 56 heavy (non-hydrogen) atoms. The standard InChI is InChI=1S/C35H26Cl2F6N8O4S/c1-49-29-24(6-5-21(37)27(29)32(47-49)48-56(2,54)55)51-33(45-22-10-15(36)3-4-18(22)34(51)53)23(9-14-7-16(38)11-17(39)8-14)44-25(52)13-50-30-26(28(46-50)31(40)41)19-12-20(19)35(30,42)43/h3-8,10-11,19-20,23,31H,9,12-13H2,1-2H3,(H,44,52)(H,47,48)/t19-,20+,23?/m0/s1. The molecular formula is C35H26Cl2F6N8O4S. The van der Waals surface area contributed by atoms with E-state index in [1.165, 1.54) is 42.1 Å². The summed E-state index contributed by atoms with van der Waals surface area (Å²) < 4.78 is 117. The fourth-order valence-corrected chi connectivity index (χ4v) is 8.46. The molecule has 0 radical (unpaired) electrons. The molecule has 1 saturated carbocycles. The van der Waals surface area contributed by atoms with E-state index in [4.69, 9.17) is 23.2 Å². The van der Waals surface area contributed by atoms with Crippen molar-refractivity contribution in [2.24, 2.45) is 13.0 Å². The van der Waals surface area contributed by atoms with Gasteiger partial charge in [0.1, 0.15) is 35.4 Å². The minimum absolute atomic E-state index is 0.000498. The third-order valence-electron chi connectivity index (χ3n) is 9.77. The highest BCUT2D eigenvalue weighted by atomic mass is 35.5. The molecule has 12 nitrogen and oxygen atoms in total. The van der Waals surface area contributed by atoms with Crippen LogP contribution in [0.5, 0.6) is 0 Å². The Morgan fingerprint density at radius 1 is 1.05 bits per heavy atom. The lowest BCUT2D eigenvalue weighted by Crippen LogP contribution is -2.38. The van der Waals surface area contributed by atoms with E-state index < -0.39 is 87.7 Å². The summed E-state index contributed by atoms with van der Waals surface area (Å²) in [7, 11) is -2.45. The van der Waals surface area contributed by atoms with E-state index in [2.05, 4.69) is 25.2 Å². The molecule has 8 rings (SSSR count). The number of hydrogen-bond donors (Lipinski definition) is 2. The van der Waals surface area contributed by atoms with Crippen LogP contribution < -0.4 is 15.6 Å². The maximum absolute atomic E-state index is 15.4. The summed E-state index contributed by atoms with van der Waals surface area (Å²) in [6.07, 6.45) is -2.76. The Hall–Kier alpha value is -5.14. The number of alkyl halides is 4. The summed E-state index contributed by atoms with van der Waals surface area (Å²) >= 11 is 12.8. The molecule has 6 aromatic rings. The number of anilines is 1. The van der Waals surface area contributed by atoms with Gasteiger partial charge in [0.25, 0.3) is 17.9 Å². The number of nitrogens with zero attached hydrogens (tertiary/aromatic N) is 6. The molecule has 2 aliphatic rings. The van der Waals surface area contributed by atoms with Crippen LogP contribution in [0.2, 0.25) is 10.0 Å². The van der Waals surface area contributed by atoms with Crippen LogP contribution in [0.15, 0.2) is 53.3 Å². The van der Waals surface area contributed by atoms with E-state index in [1.807, 2.05) is 0 Å². The molecule has 2 N–H and O–H groups in total. The molecule has 3 atom stereocenters. The van der Waals surface area contributed by atoms with Crippen molar-refractivity contribution in [2.45, 2.75) is 43.7 Å². The zero-order valence-electron chi connectivity index (χ0n) is 28.8. The van der Waals surface area contributed by atoms with E-state index in [0.717, 1.165) is 23.0 Å². The number of sulfonamides is 1. The van der Waals surface area contributed by atoms with Crippen LogP contribution in [0.1, 0.15) is 53.1 Å². The lowest BCUT2D eigenvalue weighted by atomic mass is 10.0. The Morgan fingerprint density at radius 3 is 2.45 bits per heavy atom. The number of hydrogen-bond acceptors (Lipinski definition) is 7. The van der Waals surface area contributed by atoms with Gasteiger partial charge in [-0.2, -0.15) is 19.0 Å². The molecule has 3 heterocycles. The molecule has 292 valence electrons. The first-order valence-electron chi connectivity index (χ1n) is 16.7.